The number of amides is 2. The third-order valence-corrected chi connectivity index (χ3v) is 3.64. The van der Waals surface area contributed by atoms with Crippen molar-refractivity contribution in [2.24, 2.45) is 0 Å². The van der Waals surface area contributed by atoms with Gasteiger partial charge in [-0.25, -0.2) is 0 Å². The van der Waals surface area contributed by atoms with Crippen LogP contribution in [-0.2, 0) is 17.6 Å². The molecule has 2 aromatic rings. The van der Waals surface area contributed by atoms with Gasteiger partial charge in [-0.3, -0.25) is 9.59 Å². The lowest BCUT2D eigenvalue weighted by atomic mass is 10.2. The van der Waals surface area contributed by atoms with Crippen LogP contribution in [-0.4, -0.2) is 40.2 Å². The minimum absolute atomic E-state index is 0.0859. The number of aromatic nitrogens is 2. The number of carbonyl (C=O) groups excluding carboxylic acids is 2. The Balaban J connectivity index is 1.57. The normalized spacial score (nSPS) is 10.5. The molecular weight excluding hydrogens is 336 g/mol. The maximum absolute atomic E-state index is 11.8. The molecule has 2 rings (SSSR count). The van der Waals surface area contributed by atoms with Crippen LogP contribution < -0.4 is 10.6 Å². The van der Waals surface area contributed by atoms with Crippen LogP contribution in [0.5, 0.6) is 5.75 Å². The summed E-state index contributed by atoms with van der Waals surface area (Å²) >= 11 is 0. The van der Waals surface area contributed by atoms with Crippen LogP contribution in [0.25, 0.3) is 0 Å². The van der Waals surface area contributed by atoms with Crippen LogP contribution in [0.15, 0.2) is 28.8 Å². The Hall–Kier alpha value is -2.90. The molecule has 0 saturated heterocycles. The Morgan fingerprint density at radius 2 is 1.85 bits per heavy atom. The van der Waals surface area contributed by atoms with Gasteiger partial charge in [-0.05, 0) is 37.1 Å². The maximum Gasteiger partial charge on any atom is 0.251 e. The Morgan fingerprint density at radius 1 is 1.12 bits per heavy atom. The van der Waals surface area contributed by atoms with Crippen LogP contribution in [0.1, 0.15) is 48.3 Å². The number of phenolic OH excluding ortho intramolecular Hbond substituents is 1. The van der Waals surface area contributed by atoms with Gasteiger partial charge in [-0.2, -0.15) is 4.98 Å². The van der Waals surface area contributed by atoms with Gasteiger partial charge in [0.05, 0.1) is 0 Å². The van der Waals surface area contributed by atoms with Crippen molar-refractivity contribution in [3.63, 3.8) is 0 Å². The van der Waals surface area contributed by atoms with Gasteiger partial charge in [0.25, 0.3) is 5.91 Å². The molecule has 3 N–H and O–H groups in total. The number of nitrogens with zero attached hydrogens (tertiary/aromatic N) is 2. The van der Waals surface area contributed by atoms with Gasteiger partial charge in [0.1, 0.15) is 5.75 Å². The molecule has 140 valence electrons. The summed E-state index contributed by atoms with van der Waals surface area (Å²) in [7, 11) is 0. The number of aryl methyl sites for hydroxylation is 2. The smallest absolute Gasteiger partial charge is 0.251 e. The summed E-state index contributed by atoms with van der Waals surface area (Å²) in [5, 5.41) is 18.5. The molecule has 0 radical (unpaired) electrons. The third-order valence-electron chi connectivity index (χ3n) is 3.64. The van der Waals surface area contributed by atoms with E-state index in [1.54, 1.807) is 0 Å². The molecule has 1 aromatic heterocycles. The second-order valence-corrected chi connectivity index (χ2v) is 5.86. The number of rotatable bonds is 10. The van der Waals surface area contributed by atoms with Gasteiger partial charge < -0.3 is 20.3 Å². The molecule has 8 nitrogen and oxygen atoms in total. The highest BCUT2D eigenvalue weighted by Gasteiger charge is 2.08. The molecule has 0 bridgehead atoms. The fourth-order valence-electron chi connectivity index (χ4n) is 2.30. The molecule has 0 aliphatic carbocycles. The average Bonchev–Trinajstić information content (AvgIpc) is 3.07. The summed E-state index contributed by atoms with van der Waals surface area (Å²) < 4.78 is 5.12. The minimum Gasteiger partial charge on any atom is -0.508 e. The summed E-state index contributed by atoms with van der Waals surface area (Å²) in [6, 6.07) is 5.97. The number of hydrogen-bond acceptors (Lipinski definition) is 6. The molecule has 0 saturated carbocycles. The van der Waals surface area contributed by atoms with Crippen molar-refractivity contribution >= 4 is 11.8 Å². The van der Waals surface area contributed by atoms with Gasteiger partial charge in [-0.15, -0.1) is 0 Å². The van der Waals surface area contributed by atoms with Crippen LogP contribution >= 0.6 is 0 Å². The van der Waals surface area contributed by atoms with E-state index in [-0.39, 0.29) is 17.6 Å². The number of nitrogens with one attached hydrogen (secondary N) is 2. The first-order chi connectivity index (χ1) is 12.6. The van der Waals surface area contributed by atoms with Gasteiger partial charge in [-0.1, -0.05) is 12.1 Å². The Kier molecular flexibility index (Phi) is 7.60. The van der Waals surface area contributed by atoms with Crippen molar-refractivity contribution in [2.75, 3.05) is 13.1 Å². The number of hydrogen-bond donors (Lipinski definition) is 3. The Bertz CT molecular complexity index is 712. The van der Waals surface area contributed by atoms with E-state index >= 15 is 0 Å². The van der Waals surface area contributed by atoms with Crippen LogP contribution in [0.2, 0.25) is 0 Å². The lowest BCUT2D eigenvalue weighted by molar-refractivity contribution is -0.121. The van der Waals surface area contributed by atoms with Crippen molar-refractivity contribution in [3.05, 3.63) is 41.5 Å². The number of carbonyl (C=O) groups is 2. The molecule has 0 atom stereocenters. The van der Waals surface area contributed by atoms with Gasteiger partial charge >= 0.3 is 0 Å². The molecule has 0 spiro atoms. The van der Waals surface area contributed by atoms with E-state index in [2.05, 4.69) is 20.8 Å². The number of aromatic hydroxyl groups is 1. The highest BCUT2D eigenvalue weighted by molar-refractivity contribution is 5.94. The van der Waals surface area contributed by atoms with E-state index in [0.29, 0.717) is 49.6 Å². The molecule has 8 heteroatoms. The Labute approximate surface area is 152 Å². The minimum atomic E-state index is -0.251. The van der Waals surface area contributed by atoms with Crippen LogP contribution in [0.3, 0.4) is 0 Å². The second-order valence-electron chi connectivity index (χ2n) is 5.86. The molecule has 1 heterocycles. The summed E-state index contributed by atoms with van der Waals surface area (Å²) in [4.78, 5) is 27.9. The fourth-order valence-corrected chi connectivity index (χ4v) is 2.30. The molecule has 1 aromatic carbocycles. The van der Waals surface area contributed by atoms with E-state index in [1.807, 2.05) is 6.92 Å². The zero-order valence-corrected chi connectivity index (χ0v) is 14.8. The summed E-state index contributed by atoms with van der Waals surface area (Å²) in [5.74, 6) is 1.03. The van der Waals surface area contributed by atoms with E-state index in [0.717, 1.165) is 12.8 Å². The molecule has 2 amide bonds. The van der Waals surface area contributed by atoms with E-state index in [4.69, 9.17) is 4.52 Å². The standard InChI is InChI=1S/C18H24N4O4/c1-2-4-15-21-17(26-22-15)6-3-5-16(24)19-11-12-20-18(25)13-7-9-14(23)10-8-13/h7-10,23H,2-6,11-12H2,1H3,(H,19,24)(H,20,25). The quantitative estimate of drug-likeness (QED) is 0.554. The monoisotopic (exact) mass is 360 g/mol. The van der Waals surface area contributed by atoms with E-state index < -0.39 is 0 Å². The predicted octanol–water partition coefficient (Wildman–Crippen LogP) is 1.60. The second kappa shape index (κ2) is 10.2. The first kappa shape index (κ1) is 19.4. The lowest BCUT2D eigenvalue weighted by Gasteiger charge is -2.07. The maximum atomic E-state index is 11.8. The zero-order chi connectivity index (χ0) is 18.8. The molecule has 26 heavy (non-hydrogen) atoms. The van der Waals surface area contributed by atoms with Crippen molar-refractivity contribution in [1.82, 2.24) is 20.8 Å². The van der Waals surface area contributed by atoms with Crippen molar-refractivity contribution in [2.45, 2.75) is 39.0 Å². The first-order valence-corrected chi connectivity index (χ1v) is 8.74. The summed E-state index contributed by atoms with van der Waals surface area (Å²) in [6.45, 7) is 2.73. The molecule has 0 unspecified atom stereocenters. The van der Waals surface area contributed by atoms with Gasteiger partial charge in [0.2, 0.25) is 11.8 Å². The number of phenols is 1. The van der Waals surface area contributed by atoms with Crippen molar-refractivity contribution in [3.8, 4) is 5.75 Å². The van der Waals surface area contributed by atoms with Gasteiger partial charge in [0, 0.05) is 37.9 Å². The highest BCUT2D eigenvalue weighted by Crippen LogP contribution is 2.09. The van der Waals surface area contributed by atoms with Gasteiger partial charge in [0.15, 0.2) is 5.82 Å². The van der Waals surface area contributed by atoms with E-state index in [1.165, 1.54) is 24.3 Å². The molecular formula is C18H24N4O4. The van der Waals surface area contributed by atoms with Crippen LogP contribution in [0.4, 0.5) is 0 Å². The third kappa shape index (κ3) is 6.54. The summed E-state index contributed by atoms with van der Waals surface area (Å²) in [6.07, 6.45) is 3.31. The fraction of sp³-hybridized carbons (Fsp3) is 0.444. The van der Waals surface area contributed by atoms with Crippen molar-refractivity contribution < 1.29 is 19.2 Å². The number of benzene rings is 1. The highest BCUT2D eigenvalue weighted by atomic mass is 16.5. The first-order valence-electron chi connectivity index (χ1n) is 8.74. The van der Waals surface area contributed by atoms with Crippen LogP contribution in [0, 0.1) is 0 Å². The Morgan fingerprint density at radius 3 is 2.58 bits per heavy atom. The molecule has 0 aliphatic heterocycles. The largest absolute Gasteiger partial charge is 0.508 e. The predicted molar refractivity (Wildman–Crippen MR) is 94.7 cm³/mol. The SMILES string of the molecule is CCCc1noc(CCCC(=O)NCCNC(=O)c2ccc(O)cc2)n1. The topological polar surface area (TPSA) is 117 Å². The lowest BCUT2D eigenvalue weighted by Crippen LogP contribution is -2.34. The molecule has 0 fully saturated rings. The average molecular weight is 360 g/mol. The zero-order valence-electron chi connectivity index (χ0n) is 14.8. The van der Waals surface area contributed by atoms with Crippen molar-refractivity contribution in [1.29, 1.82) is 0 Å². The van der Waals surface area contributed by atoms with E-state index in [9.17, 15) is 14.7 Å². The summed E-state index contributed by atoms with van der Waals surface area (Å²) in [5.41, 5.74) is 0.455. The molecule has 0 aliphatic rings.